The second-order valence-electron chi connectivity index (χ2n) is 9.69. The molecule has 0 aromatic heterocycles. The number of anilines is 2. The van der Waals surface area contributed by atoms with Crippen LogP contribution in [-0.2, 0) is 15.0 Å². The SMILES string of the molecule is O=C(CONc1ccc(C23CC4CC(CC(C4)C2)C3)cc1)Nc1ccc(Cl)cc1C(=O)[O-].[Na+]. The molecule has 6 nitrogen and oxygen atoms in total. The van der Waals surface area contributed by atoms with Gasteiger partial charge in [0.15, 0.2) is 6.61 Å². The minimum atomic E-state index is -1.42. The van der Waals surface area contributed by atoms with Gasteiger partial charge in [-0.3, -0.25) is 15.1 Å². The first kappa shape index (κ1) is 24.6. The summed E-state index contributed by atoms with van der Waals surface area (Å²) < 4.78 is 0. The van der Waals surface area contributed by atoms with Crippen LogP contribution in [0.3, 0.4) is 0 Å². The first-order valence-corrected chi connectivity index (χ1v) is 11.6. The number of nitrogens with one attached hydrogen (secondary N) is 2. The molecule has 8 heteroatoms. The molecule has 4 fully saturated rings. The van der Waals surface area contributed by atoms with Gasteiger partial charge in [0, 0.05) is 16.3 Å². The van der Waals surface area contributed by atoms with Gasteiger partial charge in [0.1, 0.15) is 0 Å². The van der Waals surface area contributed by atoms with Crippen molar-refractivity contribution >= 4 is 34.9 Å². The molecule has 2 N–H and O–H groups in total. The average molecular weight is 477 g/mol. The van der Waals surface area contributed by atoms with Crippen molar-refractivity contribution in [3.05, 3.63) is 58.6 Å². The van der Waals surface area contributed by atoms with Gasteiger partial charge in [0.25, 0.3) is 5.91 Å². The van der Waals surface area contributed by atoms with Crippen LogP contribution < -0.4 is 45.5 Å². The molecule has 0 radical (unpaired) electrons. The fourth-order valence-electron chi connectivity index (χ4n) is 6.52. The van der Waals surface area contributed by atoms with E-state index < -0.39 is 11.9 Å². The smallest absolute Gasteiger partial charge is 0.545 e. The number of hydrogen-bond donors (Lipinski definition) is 2. The third-order valence-corrected chi connectivity index (χ3v) is 7.64. The number of halogens is 1. The normalized spacial score (nSPS) is 27.0. The fraction of sp³-hybridized carbons (Fsp3) is 0.440. The Morgan fingerprint density at radius 3 is 2.18 bits per heavy atom. The van der Waals surface area contributed by atoms with Crippen LogP contribution in [0.5, 0.6) is 0 Å². The molecule has 0 aliphatic heterocycles. The van der Waals surface area contributed by atoms with Crippen molar-refractivity contribution in [2.24, 2.45) is 17.8 Å². The molecule has 0 heterocycles. The van der Waals surface area contributed by atoms with E-state index >= 15 is 0 Å². The van der Waals surface area contributed by atoms with Crippen molar-refractivity contribution in [1.82, 2.24) is 0 Å². The Morgan fingerprint density at radius 1 is 1.00 bits per heavy atom. The fourth-order valence-corrected chi connectivity index (χ4v) is 6.69. The molecule has 2 aromatic rings. The summed E-state index contributed by atoms with van der Waals surface area (Å²) in [6, 6.07) is 12.5. The van der Waals surface area contributed by atoms with Gasteiger partial charge < -0.3 is 15.2 Å². The topological polar surface area (TPSA) is 90.5 Å². The van der Waals surface area contributed by atoms with Crippen molar-refractivity contribution in [2.45, 2.75) is 43.9 Å². The van der Waals surface area contributed by atoms with Gasteiger partial charge in [0.2, 0.25) is 0 Å². The monoisotopic (exact) mass is 476 g/mol. The van der Waals surface area contributed by atoms with E-state index in [1.54, 1.807) is 0 Å². The van der Waals surface area contributed by atoms with Gasteiger partial charge in [0.05, 0.1) is 11.7 Å². The predicted molar refractivity (Wildman–Crippen MR) is 120 cm³/mol. The van der Waals surface area contributed by atoms with Gasteiger partial charge in [-0.05, 0) is 97.6 Å². The van der Waals surface area contributed by atoms with E-state index in [2.05, 4.69) is 22.9 Å². The quantitative estimate of drug-likeness (QED) is 0.462. The largest absolute Gasteiger partial charge is 1.00 e. The number of rotatable bonds is 7. The Hall–Kier alpha value is -1.57. The van der Waals surface area contributed by atoms with Crippen LogP contribution in [0.15, 0.2) is 42.5 Å². The van der Waals surface area contributed by atoms with Crippen molar-refractivity contribution in [3.8, 4) is 0 Å². The summed E-state index contributed by atoms with van der Waals surface area (Å²) in [7, 11) is 0. The molecule has 0 spiro atoms. The van der Waals surface area contributed by atoms with Crippen molar-refractivity contribution in [3.63, 3.8) is 0 Å². The molecular weight excluding hydrogens is 451 g/mol. The predicted octanol–water partition coefficient (Wildman–Crippen LogP) is 1.16. The number of carboxylic acids is 1. The van der Waals surface area contributed by atoms with E-state index in [1.165, 1.54) is 62.3 Å². The Morgan fingerprint density at radius 2 is 1.61 bits per heavy atom. The summed E-state index contributed by atoms with van der Waals surface area (Å²) >= 11 is 5.81. The van der Waals surface area contributed by atoms with E-state index in [-0.39, 0.29) is 52.4 Å². The zero-order chi connectivity index (χ0) is 22.3. The number of aromatic carboxylic acids is 1. The maximum Gasteiger partial charge on any atom is 1.00 e. The average Bonchev–Trinajstić information content (AvgIpc) is 2.74. The maximum absolute atomic E-state index is 12.2. The van der Waals surface area contributed by atoms with Crippen molar-refractivity contribution < 1.29 is 49.1 Å². The summed E-state index contributed by atoms with van der Waals surface area (Å²) in [4.78, 5) is 28.7. The molecule has 33 heavy (non-hydrogen) atoms. The molecular formula is C25H26ClN2NaO4. The van der Waals surface area contributed by atoms with Crippen LogP contribution in [0.4, 0.5) is 11.4 Å². The van der Waals surface area contributed by atoms with Gasteiger partial charge >= 0.3 is 29.6 Å². The Balaban J connectivity index is 0.00000259. The summed E-state index contributed by atoms with van der Waals surface area (Å²) in [6.45, 7) is -0.286. The minimum Gasteiger partial charge on any atom is -0.545 e. The number of hydrogen-bond acceptors (Lipinski definition) is 5. The van der Waals surface area contributed by atoms with E-state index in [1.807, 2.05) is 12.1 Å². The molecule has 4 saturated carbocycles. The van der Waals surface area contributed by atoms with Gasteiger partial charge in [-0.1, -0.05) is 23.7 Å². The number of amides is 1. The molecule has 0 saturated heterocycles. The summed E-state index contributed by atoms with van der Waals surface area (Å²) in [5.41, 5.74) is 5.28. The maximum atomic E-state index is 12.2. The Labute approximate surface area is 220 Å². The van der Waals surface area contributed by atoms with Crippen molar-refractivity contribution in [1.29, 1.82) is 0 Å². The van der Waals surface area contributed by atoms with Crippen LogP contribution in [0.2, 0.25) is 5.02 Å². The summed E-state index contributed by atoms with van der Waals surface area (Å²) in [5.74, 6) is 0.797. The zero-order valence-electron chi connectivity index (χ0n) is 18.7. The molecule has 0 atom stereocenters. The molecule has 0 unspecified atom stereocenters. The molecule has 2 aromatic carbocycles. The molecule has 4 bridgehead atoms. The summed E-state index contributed by atoms with van der Waals surface area (Å²) in [6.07, 6.45) is 8.24. The third-order valence-electron chi connectivity index (χ3n) is 7.40. The zero-order valence-corrected chi connectivity index (χ0v) is 21.5. The number of carbonyl (C=O) groups is 2. The number of carbonyl (C=O) groups excluding carboxylic acids is 2. The third kappa shape index (κ3) is 5.25. The van der Waals surface area contributed by atoms with Crippen LogP contribution in [-0.4, -0.2) is 18.5 Å². The van der Waals surface area contributed by atoms with Gasteiger partial charge in [-0.2, -0.15) is 0 Å². The summed E-state index contributed by atoms with van der Waals surface area (Å²) in [5, 5.41) is 14.0. The Bertz CT molecular complexity index is 1010. The molecule has 1 amide bonds. The van der Waals surface area contributed by atoms with E-state index in [0.717, 1.165) is 23.4 Å². The van der Waals surface area contributed by atoms with Gasteiger partial charge in [-0.25, -0.2) is 0 Å². The van der Waals surface area contributed by atoms with Crippen LogP contribution >= 0.6 is 11.6 Å². The second kappa shape index (κ2) is 9.96. The first-order chi connectivity index (χ1) is 15.4. The standard InChI is InChI=1S/C25H27ClN2O4.Na/c26-19-3-6-22(21(10-19)24(30)31)27-23(29)14-32-28-20-4-1-18(2-5-20)25-11-15-7-16(12-25)9-17(8-15)13-25;/h1-6,10,15-17,28H,7-9,11-14H2,(H,27,29)(H,30,31);/q;+1/p-1. The molecule has 4 aliphatic carbocycles. The number of carboxylic acid groups (broad SMARTS) is 1. The number of benzene rings is 2. The van der Waals surface area contributed by atoms with Crippen LogP contribution in [0, 0.1) is 17.8 Å². The van der Waals surface area contributed by atoms with Crippen LogP contribution in [0.1, 0.15) is 54.4 Å². The second-order valence-corrected chi connectivity index (χ2v) is 10.1. The van der Waals surface area contributed by atoms with Crippen molar-refractivity contribution in [2.75, 3.05) is 17.4 Å². The molecule has 168 valence electrons. The first-order valence-electron chi connectivity index (χ1n) is 11.2. The van der Waals surface area contributed by atoms with E-state index in [9.17, 15) is 14.7 Å². The van der Waals surface area contributed by atoms with E-state index in [4.69, 9.17) is 16.4 Å². The Kier molecular flexibility index (Phi) is 7.41. The van der Waals surface area contributed by atoms with Crippen LogP contribution in [0.25, 0.3) is 0 Å². The molecule has 6 rings (SSSR count). The van der Waals surface area contributed by atoms with Gasteiger partial charge in [-0.15, -0.1) is 0 Å². The minimum absolute atomic E-state index is 0. The van der Waals surface area contributed by atoms with E-state index in [0.29, 0.717) is 5.41 Å². The molecule has 4 aliphatic rings.